The number of unbranched alkanes of at least 4 members (excludes halogenated alkanes) is 2. The molecule has 3 aliphatic carbocycles. The summed E-state index contributed by atoms with van der Waals surface area (Å²) in [5.74, 6) is 4.04. The number of aliphatic hydroxyl groups excluding tert-OH is 1. The molecular formula is C37H60O4. The van der Waals surface area contributed by atoms with Crippen LogP contribution in [0.3, 0.4) is 0 Å². The number of hydrogen-bond donors (Lipinski definition) is 1. The van der Waals surface area contributed by atoms with Crippen LogP contribution in [0.25, 0.3) is 0 Å². The summed E-state index contributed by atoms with van der Waals surface area (Å²) < 4.78 is 11.3. The SMILES string of the molecule is CCCCCC1CCC(C2CCC(c3ccc(C4CCC(OCCOC(=O)C(C)(C)CO)CC4)c(C)c3)CC2)CC1. The van der Waals surface area contributed by atoms with Crippen molar-refractivity contribution < 1.29 is 19.4 Å². The van der Waals surface area contributed by atoms with Gasteiger partial charge >= 0.3 is 5.97 Å². The molecule has 0 spiro atoms. The fourth-order valence-electron chi connectivity index (χ4n) is 8.12. The summed E-state index contributed by atoms with van der Waals surface area (Å²) in [7, 11) is 0. The number of esters is 1. The Labute approximate surface area is 251 Å². The maximum Gasteiger partial charge on any atom is 0.313 e. The zero-order chi connectivity index (χ0) is 29.2. The molecule has 1 N–H and O–H groups in total. The fourth-order valence-corrected chi connectivity index (χ4v) is 8.12. The van der Waals surface area contributed by atoms with Crippen molar-refractivity contribution in [2.24, 2.45) is 23.2 Å². The van der Waals surface area contributed by atoms with Gasteiger partial charge in [0.15, 0.2) is 0 Å². The lowest BCUT2D eigenvalue weighted by atomic mass is 9.67. The molecule has 0 unspecified atom stereocenters. The van der Waals surface area contributed by atoms with Crippen LogP contribution in [-0.4, -0.2) is 37.0 Å². The lowest BCUT2D eigenvalue weighted by Crippen LogP contribution is -2.31. The van der Waals surface area contributed by atoms with E-state index in [9.17, 15) is 9.90 Å². The molecule has 232 valence electrons. The molecule has 0 aliphatic heterocycles. The zero-order valence-corrected chi connectivity index (χ0v) is 26.8. The molecular weight excluding hydrogens is 508 g/mol. The second-order valence-electron chi connectivity index (χ2n) is 14.5. The van der Waals surface area contributed by atoms with Crippen molar-refractivity contribution in [2.45, 2.75) is 148 Å². The van der Waals surface area contributed by atoms with Crippen LogP contribution in [0, 0.1) is 30.1 Å². The monoisotopic (exact) mass is 568 g/mol. The predicted octanol–water partition coefficient (Wildman–Crippen LogP) is 9.26. The highest BCUT2D eigenvalue weighted by Gasteiger charge is 2.32. The highest BCUT2D eigenvalue weighted by atomic mass is 16.6. The molecule has 0 heterocycles. The van der Waals surface area contributed by atoms with Crippen molar-refractivity contribution in [3.63, 3.8) is 0 Å². The average Bonchev–Trinajstić information content (AvgIpc) is 3.00. The Hall–Kier alpha value is -1.39. The molecule has 0 amide bonds. The van der Waals surface area contributed by atoms with E-state index in [2.05, 4.69) is 32.0 Å². The van der Waals surface area contributed by atoms with E-state index in [1.54, 1.807) is 19.4 Å². The summed E-state index contributed by atoms with van der Waals surface area (Å²) in [4.78, 5) is 12.0. The molecule has 3 fully saturated rings. The maximum atomic E-state index is 12.0. The fraction of sp³-hybridized carbons (Fsp3) is 0.811. The molecule has 1 aromatic carbocycles. The molecule has 4 rings (SSSR count). The largest absolute Gasteiger partial charge is 0.463 e. The van der Waals surface area contributed by atoms with E-state index in [-0.39, 0.29) is 25.3 Å². The third-order valence-electron chi connectivity index (χ3n) is 11.0. The van der Waals surface area contributed by atoms with Gasteiger partial charge in [0.05, 0.1) is 24.7 Å². The van der Waals surface area contributed by atoms with Gasteiger partial charge in [-0.2, -0.15) is 0 Å². The molecule has 0 aromatic heterocycles. The van der Waals surface area contributed by atoms with Crippen LogP contribution in [0.5, 0.6) is 0 Å². The molecule has 3 saturated carbocycles. The first kappa shape index (κ1) is 32.5. The van der Waals surface area contributed by atoms with Gasteiger partial charge in [0.25, 0.3) is 0 Å². The van der Waals surface area contributed by atoms with Crippen LogP contribution in [0.15, 0.2) is 18.2 Å². The third kappa shape index (κ3) is 9.30. The molecule has 0 radical (unpaired) electrons. The number of hydrogen-bond acceptors (Lipinski definition) is 4. The molecule has 4 nitrogen and oxygen atoms in total. The maximum absolute atomic E-state index is 12.0. The number of carbonyl (C=O) groups excluding carboxylic acids is 1. The molecule has 0 bridgehead atoms. The molecule has 41 heavy (non-hydrogen) atoms. The first-order valence-electron chi connectivity index (χ1n) is 17.3. The molecule has 0 atom stereocenters. The van der Waals surface area contributed by atoms with Gasteiger partial charge in [0, 0.05) is 0 Å². The Morgan fingerprint density at radius 3 is 2.10 bits per heavy atom. The first-order chi connectivity index (χ1) is 19.8. The van der Waals surface area contributed by atoms with Crippen LogP contribution >= 0.6 is 0 Å². The van der Waals surface area contributed by atoms with Crippen LogP contribution in [-0.2, 0) is 14.3 Å². The van der Waals surface area contributed by atoms with Gasteiger partial charge in [-0.1, -0.05) is 63.6 Å². The normalized spacial score (nSPS) is 29.3. The minimum absolute atomic E-state index is 0.210. The summed E-state index contributed by atoms with van der Waals surface area (Å²) in [6, 6.07) is 7.43. The van der Waals surface area contributed by atoms with Crippen molar-refractivity contribution in [1.82, 2.24) is 0 Å². The topological polar surface area (TPSA) is 55.8 Å². The standard InChI is InChI=1S/C37H60O4/c1-5-6-7-8-28-9-11-29(12-10-28)30-13-15-31(16-14-30)33-19-22-35(27(2)25-33)32-17-20-34(21-18-32)40-23-24-41-36(39)37(3,4)26-38/h19,22,25,28-32,34,38H,5-18,20-21,23-24,26H2,1-4H3. The van der Waals surface area contributed by atoms with Crippen molar-refractivity contribution in [2.75, 3.05) is 19.8 Å². The summed E-state index contributed by atoms with van der Waals surface area (Å²) >= 11 is 0. The van der Waals surface area contributed by atoms with Gasteiger partial charge in [0.2, 0.25) is 0 Å². The highest BCUT2D eigenvalue weighted by Crippen LogP contribution is 2.45. The number of aliphatic hydroxyl groups is 1. The molecule has 0 saturated heterocycles. The van der Waals surface area contributed by atoms with Crippen molar-refractivity contribution >= 4 is 5.97 Å². The minimum atomic E-state index is -0.850. The van der Waals surface area contributed by atoms with E-state index >= 15 is 0 Å². The van der Waals surface area contributed by atoms with Gasteiger partial charge in [-0.05, 0) is 131 Å². The molecule has 1 aromatic rings. The van der Waals surface area contributed by atoms with E-state index in [1.807, 2.05) is 0 Å². The quantitative estimate of drug-likeness (QED) is 0.190. The number of ether oxygens (including phenoxy) is 2. The summed E-state index contributed by atoms with van der Waals surface area (Å²) in [5, 5.41) is 9.30. The smallest absolute Gasteiger partial charge is 0.313 e. The Morgan fingerprint density at radius 2 is 1.49 bits per heavy atom. The average molecular weight is 569 g/mol. The Kier molecular flexibility index (Phi) is 12.6. The van der Waals surface area contributed by atoms with Gasteiger partial charge in [-0.25, -0.2) is 0 Å². The summed E-state index contributed by atoms with van der Waals surface area (Å²) in [6.45, 7) is 8.51. The van der Waals surface area contributed by atoms with Crippen LogP contribution in [0.4, 0.5) is 0 Å². The summed E-state index contributed by atoms with van der Waals surface area (Å²) in [6.07, 6.45) is 22.1. The van der Waals surface area contributed by atoms with Crippen LogP contribution < -0.4 is 0 Å². The number of aryl methyl sites for hydroxylation is 1. The van der Waals surface area contributed by atoms with E-state index < -0.39 is 5.41 Å². The Balaban J connectivity index is 1.15. The molecule has 3 aliphatic rings. The number of benzene rings is 1. The number of rotatable bonds is 13. The summed E-state index contributed by atoms with van der Waals surface area (Å²) in [5.41, 5.74) is 3.75. The van der Waals surface area contributed by atoms with Crippen LogP contribution in [0.1, 0.15) is 152 Å². The van der Waals surface area contributed by atoms with Gasteiger partial charge < -0.3 is 14.6 Å². The van der Waals surface area contributed by atoms with E-state index in [4.69, 9.17) is 9.47 Å². The minimum Gasteiger partial charge on any atom is -0.463 e. The van der Waals surface area contributed by atoms with Crippen LogP contribution in [0.2, 0.25) is 0 Å². The van der Waals surface area contributed by atoms with E-state index in [1.165, 1.54) is 88.2 Å². The van der Waals surface area contributed by atoms with Crippen molar-refractivity contribution in [3.05, 3.63) is 34.9 Å². The van der Waals surface area contributed by atoms with E-state index in [0.29, 0.717) is 12.5 Å². The zero-order valence-electron chi connectivity index (χ0n) is 26.8. The van der Waals surface area contributed by atoms with Gasteiger partial charge in [-0.3, -0.25) is 4.79 Å². The Morgan fingerprint density at radius 1 is 0.854 bits per heavy atom. The number of carbonyl (C=O) groups is 1. The first-order valence-corrected chi connectivity index (χ1v) is 17.3. The highest BCUT2D eigenvalue weighted by molar-refractivity contribution is 5.76. The second-order valence-corrected chi connectivity index (χ2v) is 14.5. The van der Waals surface area contributed by atoms with E-state index in [0.717, 1.165) is 49.4 Å². The lowest BCUT2D eigenvalue weighted by molar-refractivity contribution is -0.158. The lowest BCUT2D eigenvalue weighted by Gasteiger charge is -2.38. The van der Waals surface area contributed by atoms with Gasteiger partial charge in [-0.15, -0.1) is 0 Å². The Bertz CT molecular complexity index is 915. The molecule has 4 heteroatoms. The van der Waals surface area contributed by atoms with Gasteiger partial charge in [0.1, 0.15) is 6.61 Å². The van der Waals surface area contributed by atoms with Crippen molar-refractivity contribution in [3.8, 4) is 0 Å². The van der Waals surface area contributed by atoms with Crippen molar-refractivity contribution in [1.29, 1.82) is 0 Å². The second kappa shape index (κ2) is 15.9. The third-order valence-corrected chi connectivity index (χ3v) is 11.0. The predicted molar refractivity (Wildman–Crippen MR) is 168 cm³/mol.